The first-order chi connectivity index (χ1) is 15.0. The van der Waals surface area contributed by atoms with Crippen molar-refractivity contribution in [2.75, 3.05) is 19.0 Å². The smallest absolute Gasteiger partial charge is 0.138 e. The van der Waals surface area contributed by atoms with Gasteiger partial charge < -0.3 is 30.7 Å². The number of aliphatic hydroxyl groups is 1. The van der Waals surface area contributed by atoms with E-state index in [2.05, 4.69) is 10.6 Å². The Labute approximate surface area is 183 Å². The lowest BCUT2D eigenvalue weighted by Gasteiger charge is -2.22. The summed E-state index contributed by atoms with van der Waals surface area (Å²) in [6.45, 7) is 3.17. The highest BCUT2D eigenvalue weighted by Gasteiger charge is 2.17. The molecular weight excluding hydrogens is 392 g/mol. The van der Waals surface area contributed by atoms with Gasteiger partial charge in [0.2, 0.25) is 0 Å². The van der Waals surface area contributed by atoms with E-state index in [1.807, 2.05) is 43.3 Å². The molecule has 0 aliphatic heterocycles. The van der Waals surface area contributed by atoms with Crippen LogP contribution in [0.5, 0.6) is 17.2 Å². The standard InChI is InChI=1S/C25H30N2O4/c1-17(26-14-13-18-3-8-21(28)9-4-18)25(30)20-7-12-24(29)23(15-20)27-16-19-5-10-22(31-2)11-6-19/h3-12,15,17,25-30H,13-14,16H2,1-2H3. The summed E-state index contributed by atoms with van der Waals surface area (Å²) < 4.78 is 5.17. The fourth-order valence-electron chi connectivity index (χ4n) is 3.33. The zero-order valence-electron chi connectivity index (χ0n) is 17.9. The van der Waals surface area contributed by atoms with E-state index in [-0.39, 0.29) is 17.5 Å². The highest BCUT2D eigenvalue weighted by molar-refractivity contribution is 5.58. The van der Waals surface area contributed by atoms with Gasteiger partial charge in [-0.05, 0) is 73.0 Å². The predicted octanol–water partition coefficient (Wildman–Crippen LogP) is 3.97. The van der Waals surface area contributed by atoms with Crippen LogP contribution in [0.15, 0.2) is 66.7 Å². The SMILES string of the molecule is COc1ccc(CNc2cc(C(O)C(C)NCCc3ccc(O)cc3)ccc2O)cc1. The van der Waals surface area contributed by atoms with Crippen molar-refractivity contribution in [3.63, 3.8) is 0 Å². The number of hydrogen-bond acceptors (Lipinski definition) is 6. The Hall–Kier alpha value is -3.22. The van der Waals surface area contributed by atoms with Crippen molar-refractivity contribution in [2.24, 2.45) is 0 Å². The average molecular weight is 423 g/mol. The van der Waals surface area contributed by atoms with Crippen LogP contribution in [0.1, 0.15) is 29.7 Å². The number of rotatable bonds is 10. The summed E-state index contributed by atoms with van der Waals surface area (Å²) in [4.78, 5) is 0. The number of nitrogens with one attached hydrogen (secondary N) is 2. The van der Waals surface area contributed by atoms with Crippen molar-refractivity contribution in [1.29, 1.82) is 0 Å². The first-order valence-electron chi connectivity index (χ1n) is 10.4. The Morgan fingerprint density at radius 1 is 0.903 bits per heavy atom. The Kier molecular flexibility index (Phi) is 7.76. The molecule has 0 aromatic heterocycles. The minimum absolute atomic E-state index is 0.136. The molecule has 0 spiro atoms. The van der Waals surface area contributed by atoms with Crippen molar-refractivity contribution in [3.05, 3.63) is 83.4 Å². The van der Waals surface area contributed by atoms with Gasteiger partial charge in [-0.1, -0.05) is 30.3 Å². The zero-order chi connectivity index (χ0) is 22.2. The van der Waals surface area contributed by atoms with E-state index >= 15 is 0 Å². The summed E-state index contributed by atoms with van der Waals surface area (Å²) in [6, 6.07) is 19.8. The van der Waals surface area contributed by atoms with Crippen molar-refractivity contribution >= 4 is 5.69 Å². The lowest BCUT2D eigenvalue weighted by molar-refractivity contribution is 0.136. The van der Waals surface area contributed by atoms with E-state index < -0.39 is 6.10 Å². The van der Waals surface area contributed by atoms with Gasteiger partial charge in [-0.15, -0.1) is 0 Å². The van der Waals surface area contributed by atoms with Gasteiger partial charge >= 0.3 is 0 Å². The molecule has 0 radical (unpaired) electrons. The highest BCUT2D eigenvalue weighted by Crippen LogP contribution is 2.29. The first kappa shape index (κ1) is 22.5. The van der Waals surface area contributed by atoms with Gasteiger partial charge in [-0.2, -0.15) is 0 Å². The van der Waals surface area contributed by atoms with Gasteiger partial charge in [-0.3, -0.25) is 0 Å². The van der Waals surface area contributed by atoms with Crippen molar-refractivity contribution < 1.29 is 20.1 Å². The van der Waals surface area contributed by atoms with E-state index in [0.29, 0.717) is 18.8 Å². The molecule has 3 aromatic carbocycles. The largest absolute Gasteiger partial charge is 0.508 e. The molecule has 5 N–H and O–H groups in total. The van der Waals surface area contributed by atoms with Crippen LogP contribution < -0.4 is 15.4 Å². The van der Waals surface area contributed by atoms with Crippen LogP contribution in [0.3, 0.4) is 0 Å². The molecule has 6 heteroatoms. The van der Waals surface area contributed by atoms with Crippen molar-refractivity contribution in [1.82, 2.24) is 5.32 Å². The first-order valence-corrected chi connectivity index (χ1v) is 10.4. The molecule has 0 bridgehead atoms. The molecule has 0 heterocycles. The third kappa shape index (κ3) is 6.38. The molecule has 2 atom stereocenters. The maximum atomic E-state index is 10.8. The number of ether oxygens (including phenoxy) is 1. The molecule has 164 valence electrons. The third-order valence-corrected chi connectivity index (χ3v) is 5.29. The van der Waals surface area contributed by atoms with Gasteiger partial charge in [0.25, 0.3) is 0 Å². The molecule has 0 amide bonds. The molecule has 6 nitrogen and oxygen atoms in total. The summed E-state index contributed by atoms with van der Waals surface area (Å²) in [5.74, 6) is 1.19. The number of anilines is 1. The quantitative estimate of drug-likeness (QED) is 0.318. The maximum Gasteiger partial charge on any atom is 0.138 e. The molecule has 0 saturated heterocycles. The monoisotopic (exact) mass is 422 g/mol. The average Bonchev–Trinajstić information content (AvgIpc) is 2.79. The maximum absolute atomic E-state index is 10.8. The topological polar surface area (TPSA) is 94.0 Å². The Balaban J connectivity index is 1.56. The van der Waals surface area contributed by atoms with E-state index in [1.165, 1.54) is 0 Å². The predicted molar refractivity (Wildman–Crippen MR) is 123 cm³/mol. The summed E-state index contributed by atoms with van der Waals surface area (Å²) >= 11 is 0. The molecule has 3 aromatic rings. The molecule has 0 saturated carbocycles. The van der Waals surface area contributed by atoms with E-state index in [0.717, 1.165) is 28.9 Å². The van der Waals surface area contributed by atoms with Crippen LogP contribution >= 0.6 is 0 Å². The second kappa shape index (κ2) is 10.7. The van der Waals surface area contributed by atoms with E-state index in [1.54, 1.807) is 37.4 Å². The van der Waals surface area contributed by atoms with Crippen LogP contribution in [0.2, 0.25) is 0 Å². The molecule has 0 aliphatic rings. The summed E-state index contributed by atoms with van der Waals surface area (Å²) in [7, 11) is 1.63. The molecule has 0 aliphatic carbocycles. The number of aromatic hydroxyl groups is 2. The Morgan fingerprint density at radius 2 is 1.58 bits per heavy atom. The second-order valence-electron chi connectivity index (χ2n) is 7.58. The number of phenolic OH excluding ortho intramolecular Hbond substituents is 2. The second-order valence-corrected chi connectivity index (χ2v) is 7.58. The number of hydrogen-bond donors (Lipinski definition) is 5. The van der Waals surface area contributed by atoms with Gasteiger partial charge in [0, 0.05) is 12.6 Å². The van der Waals surface area contributed by atoms with E-state index in [9.17, 15) is 15.3 Å². The van der Waals surface area contributed by atoms with Gasteiger partial charge in [0.15, 0.2) is 0 Å². The number of aliphatic hydroxyl groups excluding tert-OH is 1. The zero-order valence-corrected chi connectivity index (χ0v) is 17.9. The normalized spacial score (nSPS) is 12.9. The van der Waals surface area contributed by atoms with Crippen LogP contribution in [0, 0.1) is 0 Å². The Bertz CT molecular complexity index is 958. The summed E-state index contributed by atoms with van der Waals surface area (Å²) in [6.07, 6.45) is 0.0728. The summed E-state index contributed by atoms with van der Waals surface area (Å²) in [5, 5.41) is 36.9. The van der Waals surface area contributed by atoms with Gasteiger partial charge in [-0.25, -0.2) is 0 Å². The fourth-order valence-corrected chi connectivity index (χ4v) is 3.33. The third-order valence-electron chi connectivity index (χ3n) is 5.29. The fraction of sp³-hybridized carbons (Fsp3) is 0.280. The minimum atomic E-state index is -0.720. The van der Waals surface area contributed by atoms with Gasteiger partial charge in [0.1, 0.15) is 17.2 Å². The van der Waals surface area contributed by atoms with Crippen LogP contribution in [-0.4, -0.2) is 35.0 Å². The highest BCUT2D eigenvalue weighted by atomic mass is 16.5. The number of methoxy groups -OCH3 is 1. The lowest BCUT2D eigenvalue weighted by Crippen LogP contribution is -2.33. The molecular formula is C25H30N2O4. The summed E-state index contributed by atoms with van der Waals surface area (Å²) in [5.41, 5.74) is 3.46. The molecule has 31 heavy (non-hydrogen) atoms. The number of phenols is 2. The lowest BCUT2D eigenvalue weighted by atomic mass is 10.0. The van der Waals surface area contributed by atoms with Crippen LogP contribution in [-0.2, 0) is 13.0 Å². The Morgan fingerprint density at radius 3 is 2.26 bits per heavy atom. The van der Waals surface area contributed by atoms with E-state index in [4.69, 9.17) is 4.74 Å². The van der Waals surface area contributed by atoms with Gasteiger partial charge in [0.05, 0.1) is 18.9 Å². The molecule has 0 fully saturated rings. The molecule has 3 rings (SSSR count). The van der Waals surface area contributed by atoms with Crippen molar-refractivity contribution in [2.45, 2.75) is 32.0 Å². The molecule has 2 unspecified atom stereocenters. The number of benzene rings is 3. The van der Waals surface area contributed by atoms with Crippen LogP contribution in [0.4, 0.5) is 5.69 Å². The minimum Gasteiger partial charge on any atom is -0.508 e. The van der Waals surface area contributed by atoms with Crippen molar-refractivity contribution in [3.8, 4) is 17.2 Å². The van der Waals surface area contributed by atoms with Crippen LogP contribution in [0.25, 0.3) is 0 Å².